The third kappa shape index (κ3) is 3.17. The molecule has 6 nitrogen and oxygen atoms in total. The Hall–Kier alpha value is -3.29. The molecule has 5 rings (SSSR count). The van der Waals surface area contributed by atoms with Crippen LogP contribution in [0, 0.1) is 11.6 Å². The van der Waals surface area contributed by atoms with E-state index < -0.39 is 17.2 Å². The minimum absolute atomic E-state index is 0.114. The molecule has 0 aliphatic heterocycles. The van der Waals surface area contributed by atoms with Crippen molar-refractivity contribution in [1.82, 2.24) is 19.5 Å². The maximum atomic E-state index is 14.4. The number of H-pyrrole nitrogens is 1. The Labute approximate surface area is 177 Å². The lowest BCUT2D eigenvalue weighted by Crippen LogP contribution is -2.17. The molecule has 1 aliphatic rings. The largest absolute Gasteiger partial charge is 0.373 e. The molecule has 0 radical (unpaired) electrons. The maximum absolute atomic E-state index is 14.4. The first-order valence-electron chi connectivity index (χ1n) is 10.5. The summed E-state index contributed by atoms with van der Waals surface area (Å²) in [7, 11) is 2.01. The lowest BCUT2D eigenvalue weighted by molar-refractivity contribution is 0.391. The molecule has 1 fully saturated rings. The quantitative estimate of drug-likeness (QED) is 0.519. The highest BCUT2D eigenvalue weighted by Crippen LogP contribution is 2.38. The fourth-order valence-electron chi connectivity index (χ4n) is 4.27. The number of fused-ring (bicyclic) bond motifs is 2. The molecule has 3 aromatic heterocycles. The van der Waals surface area contributed by atoms with Crippen LogP contribution in [0.15, 0.2) is 35.3 Å². The number of benzene rings is 1. The Morgan fingerprint density at radius 2 is 2.06 bits per heavy atom. The Balaban J connectivity index is 1.72. The van der Waals surface area contributed by atoms with Crippen molar-refractivity contribution in [2.24, 2.45) is 0 Å². The van der Waals surface area contributed by atoms with E-state index in [0.717, 1.165) is 54.5 Å². The Morgan fingerprint density at radius 1 is 1.26 bits per heavy atom. The summed E-state index contributed by atoms with van der Waals surface area (Å²) in [6.07, 6.45) is 5.02. The maximum Gasteiger partial charge on any atom is 0.248 e. The summed E-state index contributed by atoms with van der Waals surface area (Å²) in [6, 6.07) is 5.99. The van der Waals surface area contributed by atoms with Gasteiger partial charge in [0.1, 0.15) is 11.3 Å². The lowest BCUT2D eigenvalue weighted by atomic mass is 9.85. The Morgan fingerprint density at radius 3 is 2.77 bits per heavy atom. The molecule has 160 valence electrons. The summed E-state index contributed by atoms with van der Waals surface area (Å²) in [5, 5.41) is 0.474. The van der Waals surface area contributed by atoms with Gasteiger partial charge in [0.2, 0.25) is 5.56 Å². The van der Waals surface area contributed by atoms with E-state index in [1.807, 2.05) is 17.7 Å². The first-order chi connectivity index (χ1) is 15.0. The van der Waals surface area contributed by atoms with Crippen LogP contribution in [0.1, 0.15) is 43.5 Å². The zero-order valence-corrected chi connectivity index (χ0v) is 17.5. The van der Waals surface area contributed by atoms with Crippen LogP contribution in [0.25, 0.3) is 22.1 Å². The second-order valence-corrected chi connectivity index (χ2v) is 8.14. The van der Waals surface area contributed by atoms with Gasteiger partial charge in [-0.15, -0.1) is 0 Å². The fraction of sp³-hybridized carbons (Fsp3) is 0.348. The number of anilines is 1. The Bertz CT molecular complexity index is 1360. The molecular weight excluding hydrogens is 400 g/mol. The van der Waals surface area contributed by atoms with Crippen molar-refractivity contribution in [2.45, 2.75) is 38.6 Å². The molecule has 0 unspecified atom stereocenters. The molecule has 1 aromatic carbocycles. The molecule has 3 heterocycles. The average molecular weight is 423 g/mol. The highest BCUT2D eigenvalue weighted by molar-refractivity contribution is 5.87. The predicted octanol–water partition coefficient (Wildman–Crippen LogP) is 4.32. The van der Waals surface area contributed by atoms with Gasteiger partial charge >= 0.3 is 0 Å². The molecule has 8 heteroatoms. The van der Waals surface area contributed by atoms with Crippen LogP contribution in [0.3, 0.4) is 0 Å². The van der Waals surface area contributed by atoms with Crippen LogP contribution in [-0.2, 0) is 6.54 Å². The van der Waals surface area contributed by atoms with Crippen molar-refractivity contribution in [3.63, 3.8) is 0 Å². The van der Waals surface area contributed by atoms with Gasteiger partial charge in [0.25, 0.3) is 0 Å². The summed E-state index contributed by atoms with van der Waals surface area (Å²) in [5.74, 6) is -0.772. The standard InChI is InChI=1S/C23H23F2N5O/c1-3-29(2)17-9-10-26-23-21(17)28-22(13-5-4-6-13)30(23)12-14-11-18(31)27-20-15(14)7-8-16(24)19(20)25/h7-11,13H,3-6,12H2,1-2H3,(H,27,31). The normalized spacial score (nSPS) is 14.3. The summed E-state index contributed by atoms with van der Waals surface area (Å²) in [4.78, 5) is 26.4. The summed E-state index contributed by atoms with van der Waals surface area (Å²) in [5.41, 5.74) is 2.57. The number of nitrogens with zero attached hydrogens (tertiary/aromatic N) is 4. The molecular formula is C23H23F2N5O. The first kappa shape index (κ1) is 19.7. The zero-order valence-electron chi connectivity index (χ0n) is 17.5. The number of aromatic nitrogens is 4. The third-order valence-corrected chi connectivity index (χ3v) is 6.32. The monoisotopic (exact) mass is 423 g/mol. The molecule has 0 saturated heterocycles. The van der Waals surface area contributed by atoms with Gasteiger partial charge in [0.15, 0.2) is 17.3 Å². The number of nitrogens with one attached hydrogen (secondary N) is 1. The van der Waals surface area contributed by atoms with Gasteiger partial charge in [-0.1, -0.05) is 6.42 Å². The highest BCUT2D eigenvalue weighted by atomic mass is 19.2. The summed E-state index contributed by atoms with van der Waals surface area (Å²) >= 11 is 0. The molecule has 0 bridgehead atoms. The average Bonchev–Trinajstić information content (AvgIpc) is 3.07. The minimum atomic E-state index is -1.05. The van der Waals surface area contributed by atoms with Crippen molar-refractivity contribution in [2.75, 3.05) is 18.5 Å². The van der Waals surface area contributed by atoms with Crippen LogP contribution in [0.2, 0.25) is 0 Å². The number of pyridine rings is 2. The highest BCUT2D eigenvalue weighted by Gasteiger charge is 2.28. The lowest BCUT2D eigenvalue weighted by Gasteiger charge is -2.25. The predicted molar refractivity (Wildman–Crippen MR) is 117 cm³/mol. The van der Waals surface area contributed by atoms with Crippen LogP contribution >= 0.6 is 0 Å². The van der Waals surface area contributed by atoms with Crippen molar-refractivity contribution < 1.29 is 8.78 Å². The van der Waals surface area contributed by atoms with E-state index in [2.05, 4.69) is 21.8 Å². The first-order valence-corrected chi connectivity index (χ1v) is 10.5. The molecule has 0 spiro atoms. The number of halogens is 2. The fourth-order valence-corrected chi connectivity index (χ4v) is 4.27. The van der Waals surface area contributed by atoms with Crippen LogP contribution in [0.5, 0.6) is 0 Å². The van der Waals surface area contributed by atoms with Gasteiger partial charge in [0, 0.05) is 37.2 Å². The topological polar surface area (TPSA) is 66.8 Å². The molecule has 0 amide bonds. The molecule has 4 aromatic rings. The van der Waals surface area contributed by atoms with E-state index in [1.54, 1.807) is 6.20 Å². The SMILES string of the molecule is CCN(C)c1ccnc2c1nc(C1CCC1)n2Cc1cc(=O)[nH]c2c(F)c(F)ccc12. The van der Waals surface area contributed by atoms with Crippen molar-refractivity contribution in [1.29, 1.82) is 0 Å². The van der Waals surface area contributed by atoms with Gasteiger partial charge in [-0.2, -0.15) is 0 Å². The van der Waals surface area contributed by atoms with E-state index in [1.165, 1.54) is 12.1 Å². The summed E-state index contributed by atoms with van der Waals surface area (Å²) in [6.45, 7) is 3.21. The molecule has 1 saturated carbocycles. The molecule has 1 N–H and O–H groups in total. The molecule has 31 heavy (non-hydrogen) atoms. The summed E-state index contributed by atoms with van der Waals surface area (Å²) < 4.78 is 30.1. The Kier molecular flexibility index (Phi) is 4.72. The van der Waals surface area contributed by atoms with Crippen LogP contribution in [0.4, 0.5) is 14.5 Å². The van der Waals surface area contributed by atoms with E-state index in [4.69, 9.17) is 4.98 Å². The zero-order chi connectivity index (χ0) is 21.7. The van der Waals surface area contributed by atoms with E-state index in [-0.39, 0.29) is 5.52 Å². The number of hydrogen-bond acceptors (Lipinski definition) is 4. The smallest absolute Gasteiger partial charge is 0.248 e. The van der Waals surface area contributed by atoms with Gasteiger partial charge < -0.3 is 14.5 Å². The second kappa shape index (κ2) is 7.44. The van der Waals surface area contributed by atoms with Crippen LogP contribution in [-0.4, -0.2) is 33.1 Å². The minimum Gasteiger partial charge on any atom is -0.373 e. The van der Waals surface area contributed by atoms with Crippen molar-refractivity contribution in [3.8, 4) is 0 Å². The van der Waals surface area contributed by atoms with Crippen molar-refractivity contribution in [3.05, 3.63) is 63.8 Å². The third-order valence-electron chi connectivity index (χ3n) is 6.32. The molecule has 1 aliphatic carbocycles. The van der Waals surface area contributed by atoms with Crippen LogP contribution < -0.4 is 10.5 Å². The van der Waals surface area contributed by atoms with Gasteiger partial charge in [-0.05, 0) is 43.5 Å². The number of hydrogen-bond donors (Lipinski definition) is 1. The van der Waals surface area contributed by atoms with Gasteiger partial charge in [-0.25, -0.2) is 18.7 Å². The van der Waals surface area contributed by atoms with Gasteiger partial charge in [-0.3, -0.25) is 4.79 Å². The molecule has 0 atom stereocenters. The number of rotatable bonds is 5. The van der Waals surface area contributed by atoms with E-state index in [9.17, 15) is 13.6 Å². The number of aromatic amines is 1. The van der Waals surface area contributed by atoms with Gasteiger partial charge in [0.05, 0.1) is 17.7 Å². The second-order valence-electron chi connectivity index (χ2n) is 8.14. The van der Waals surface area contributed by atoms with Crippen molar-refractivity contribution >= 4 is 27.8 Å². The van der Waals surface area contributed by atoms with E-state index in [0.29, 0.717) is 23.4 Å². The number of imidazole rings is 1. The van der Waals surface area contributed by atoms with E-state index >= 15 is 0 Å².